The Labute approximate surface area is 187 Å². The van der Waals surface area contributed by atoms with Crippen LogP contribution in [0.1, 0.15) is 64.7 Å². The van der Waals surface area contributed by atoms with Crippen molar-refractivity contribution in [3.63, 3.8) is 0 Å². The standard InChI is InChI=1S/C27H37NO3/c1-19(2)25(28-26(30)31-18-22-10-8-7-9-11-22)20(3)24(29)17-14-21-12-15-23(16-13-21)27(4,5)6/h7-13,15-16,19-20,25H,14,17-18H2,1-6H3,(H,28,30). The zero-order valence-electron chi connectivity index (χ0n) is 19.8. The van der Waals surface area contributed by atoms with Gasteiger partial charge in [0.25, 0.3) is 0 Å². The van der Waals surface area contributed by atoms with E-state index in [-0.39, 0.29) is 35.7 Å². The third-order valence-corrected chi connectivity index (χ3v) is 5.74. The monoisotopic (exact) mass is 423 g/mol. The van der Waals surface area contributed by atoms with Crippen LogP contribution in [0.4, 0.5) is 4.79 Å². The molecule has 1 N–H and O–H groups in total. The minimum absolute atomic E-state index is 0.119. The van der Waals surface area contributed by atoms with Crippen LogP contribution in [-0.2, 0) is 28.0 Å². The van der Waals surface area contributed by atoms with Crippen LogP contribution in [0.5, 0.6) is 0 Å². The topological polar surface area (TPSA) is 55.4 Å². The van der Waals surface area contributed by atoms with Gasteiger partial charge in [0.05, 0.1) is 0 Å². The molecule has 0 aliphatic heterocycles. The highest BCUT2D eigenvalue weighted by molar-refractivity contribution is 5.82. The van der Waals surface area contributed by atoms with E-state index >= 15 is 0 Å². The molecule has 0 aliphatic carbocycles. The minimum Gasteiger partial charge on any atom is -0.445 e. The summed E-state index contributed by atoms with van der Waals surface area (Å²) in [4.78, 5) is 25.2. The molecule has 0 bridgehead atoms. The smallest absolute Gasteiger partial charge is 0.407 e. The largest absolute Gasteiger partial charge is 0.445 e. The molecule has 31 heavy (non-hydrogen) atoms. The molecule has 0 aliphatic rings. The molecule has 1 amide bonds. The van der Waals surface area contributed by atoms with E-state index in [0.29, 0.717) is 12.8 Å². The van der Waals surface area contributed by atoms with Crippen LogP contribution in [0, 0.1) is 11.8 Å². The highest BCUT2D eigenvalue weighted by atomic mass is 16.5. The number of hydrogen-bond donors (Lipinski definition) is 1. The van der Waals surface area contributed by atoms with Crippen molar-refractivity contribution in [3.05, 3.63) is 71.3 Å². The lowest BCUT2D eigenvalue weighted by atomic mass is 9.85. The number of carbonyl (C=O) groups is 2. The van der Waals surface area contributed by atoms with Crippen molar-refractivity contribution in [3.8, 4) is 0 Å². The normalized spacial score (nSPS) is 13.5. The van der Waals surface area contributed by atoms with E-state index in [2.05, 4.69) is 50.4 Å². The zero-order chi connectivity index (χ0) is 23.0. The van der Waals surface area contributed by atoms with Gasteiger partial charge < -0.3 is 10.1 Å². The summed E-state index contributed by atoms with van der Waals surface area (Å²) in [5.41, 5.74) is 3.49. The second-order valence-corrected chi connectivity index (χ2v) is 9.68. The first-order valence-corrected chi connectivity index (χ1v) is 11.2. The van der Waals surface area contributed by atoms with Crippen LogP contribution < -0.4 is 5.32 Å². The van der Waals surface area contributed by atoms with Crippen LogP contribution in [0.25, 0.3) is 0 Å². The number of alkyl carbamates (subject to hydrolysis) is 1. The molecule has 4 heteroatoms. The number of ketones is 1. The lowest BCUT2D eigenvalue weighted by molar-refractivity contribution is -0.123. The molecular formula is C27H37NO3. The van der Waals surface area contributed by atoms with E-state index in [1.807, 2.05) is 51.1 Å². The van der Waals surface area contributed by atoms with E-state index in [1.54, 1.807) is 0 Å². The first-order chi connectivity index (χ1) is 14.6. The number of carbonyl (C=O) groups excluding carboxylic acids is 2. The summed E-state index contributed by atoms with van der Waals surface area (Å²) in [7, 11) is 0. The third kappa shape index (κ3) is 7.86. The van der Waals surface area contributed by atoms with Gasteiger partial charge in [0.2, 0.25) is 0 Å². The van der Waals surface area contributed by atoms with Gasteiger partial charge in [0, 0.05) is 18.4 Å². The number of ether oxygens (including phenoxy) is 1. The van der Waals surface area contributed by atoms with Gasteiger partial charge >= 0.3 is 6.09 Å². The first kappa shape index (κ1) is 24.6. The number of benzene rings is 2. The highest BCUT2D eigenvalue weighted by Gasteiger charge is 2.28. The molecule has 0 radical (unpaired) electrons. The van der Waals surface area contributed by atoms with Gasteiger partial charge in [0.15, 0.2) is 0 Å². The molecule has 2 aromatic carbocycles. The SMILES string of the molecule is CC(C)C(NC(=O)OCc1ccccc1)C(C)C(=O)CCc1ccc(C(C)(C)C)cc1. The van der Waals surface area contributed by atoms with E-state index in [4.69, 9.17) is 4.74 Å². The van der Waals surface area contributed by atoms with Crippen LogP contribution in [-0.4, -0.2) is 17.9 Å². The molecule has 0 fully saturated rings. The summed E-state index contributed by atoms with van der Waals surface area (Å²) in [6, 6.07) is 17.8. The minimum atomic E-state index is -0.486. The summed E-state index contributed by atoms with van der Waals surface area (Å²) in [5, 5.41) is 2.91. The number of aryl methyl sites for hydroxylation is 1. The van der Waals surface area contributed by atoms with Crippen LogP contribution in [0.15, 0.2) is 54.6 Å². The second kappa shape index (κ2) is 11.1. The van der Waals surface area contributed by atoms with Gasteiger partial charge in [-0.2, -0.15) is 0 Å². The van der Waals surface area contributed by atoms with Crippen molar-refractivity contribution in [2.24, 2.45) is 11.8 Å². The van der Waals surface area contributed by atoms with Crippen molar-refractivity contribution >= 4 is 11.9 Å². The van der Waals surface area contributed by atoms with Crippen molar-refractivity contribution in [1.29, 1.82) is 0 Å². The summed E-state index contributed by atoms with van der Waals surface area (Å²) >= 11 is 0. The third-order valence-electron chi connectivity index (χ3n) is 5.74. The van der Waals surface area contributed by atoms with Gasteiger partial charge in [0.1, 0.15) is 12.4 Å². The Morgan fingerprint density at radius 2 is 1.52 bits per heavy atom. The van der Waals surface area contributed by atoms with Gasteiger partial charge in [-0.05, 0) is 34.4 Å². The molecule has 2 atom stereocenters. The molecule has 0 spiro atoms. The van der Waals surface area contributed by atoms with E-state index in [0.717, 1.165) is 11.1 Å². The predicted molar refractivity (Wildman–Crippen MR) is 126 cm³/mol. The number of hydrogen-bond acceptors (Lipinski definition) is 3. The van der Waals surface area contributed by atoms with E-state index in [9.17, 15) is 9.59 Å². The maximum atomic E-state index is 12.9. The zero-order valence-corrected chi connectivity index (χ0v) is 19.8. The summed E-state index contributed by atoms with van der Waals surface area (Å²) < 4.78 is 5.35. The number of amides is 1. The molecule has 168 valence electrons. The van der Waals surface area contributed by atoms with Gasteiger partial charge in [-0.1, -0.05) is 96.1 Å². The fourth-order valence-corrected chi connectivity index (χ4v) is 3.64. The maximum absolute atomic E-state index is 12.9. The molecule has 2 unspecified atom stereocenters. The summed E-state index contributed by atoms with van der Waals surface area (Å²) in [5.74, 6) is -0.00521. The Kier molecular flexibility index (Phi) is 8.85. The lowest BCUT2D eigenvalue weighted by Crippen LogP contribution is -2.45. The Hall–Kier alpha value is -2.62. The van der Waals surface area contributed by atoms with Gasteiger partial charge in [-0.25, -0.2) is 4.79 Å². The number of Topliss-reactive ketones (excluding diaryl/α,β-unsaturated/α-hetero) is 1. The quantitative estimate of drug-likeness (QED) is 0.532. The van der Waals surface area contributed by atoms with Crippen LogP contribution in [0.3, 0.4) is 0 Å². The molecule has 4 nitrogen and oxygen atoms in total. The molecule has 0 saturated heterocycles. The van der Waals surface area contributed by atoms with Crippen molar-refractivity contribution < 1.29 is 14.3 Å². The Bertz CT molecular complexity index is 835. The second-order valence-electron chi connectivity index (χ2n) is 9.68. The van der Waals surface area contributed by atoms with E-state index in [1.165, 1.54) is 5.56 Å². The average molecular weight is 424 g/mol. The Balaban J connectivity index is 1.88. The molecular weight excluding hydrogens is 386 g/mol. The Morgan fingerprint density at radius 1 is 0.903 bits per heavy atom. The molecule has 0 aromatic heterocycles. The fourth-order valence-electron chi connectivity index (χ4n) is 3.64. The van der Waals surface area contributed by atoms with Gasteiger partial charge in [-0.3, -0.25) is 4.79 Å². The number of nitrogens with one attached hydrogen (secondary N) is 1. The average Bonchev–Trinajstić information content (AvgIpc) is 2.74. The first-order valence-electron chi connectivity index (χ1n) is 11.2. The highest BCUT2D eigenvalue weighted by Crippen LogP contribution is 2.23. The molecule has 0 heterocycles. The molecule has 2 rings (SSSR count). The fraction of sp³-hybridized carbons (Fsp3) is 0.481. The lowest BCUT2D eigenvalue weighted by Gasteiger charge is -2.27. The summed E-state index contributed by atoms with van der Waals surface area (Å²) in [6.45, 7) is 12.7. The predicted octanol–water partition coefficient (Wildman–Crippen LogP) is 6.07. The summed E-state index contributed by atoms with van der Waals surface area (Å²) in [6.07, 6.45) is 0.677. The van der Waals surface area contributed by atoms with Crippen LogP contribution in [0.2, 0.25) is 0 Å². The molecule has 0 saturated carbocycles. The molecule has 2 aromatic rings. The van der Waals surface area contributed by atoms with Crippen LogP contribution >= 0.6 is 0 Å². The van der Waals surface area contributed by atoms with Crippen molar-refractivity contribution in [2.75, 3.05) is 0 Å². The Morgan fingerprint density at radius 3 is 2.06 bits per heavy atom. The van der Waals surface area contributed by atoms with E-state index < -0.39 is 6.09 Å². The van der Waals surface area contributed by atoms with Crippen molar-refractivity contribution in [2.45, 2.75) is 72.4 Å². The van der Waals surface area contributed by atoms with Gasteiger partial charge in [-0.15, -0.1) is 0 Å². The number of rotatable bonds is 9. The maximum Gasteiger partial charge on any atom is 0.407 e. The van der Waals surface area contributed by atoms with Crippen molar-refractivity contribution in [1.82, 2.24) is 5.32 Å².